The molecule has 1 aliphatic rings. The molecule has 1 aliphatic heterocycles. The van der Waals surface area contributed by atoms with Crippen molar-refractivity contribution in [3.05, 3.63) is 0 Å². The molecule has 0 spiro atoms. The van der Waals surface area contributed by atoms with E-state index in [4.69, 9.17) is 0 Å². The fourth-order valence-electron chi connectivity index (χ4n) is 2.55. The number of amides is 1. The molecule has 1 heterocycles. The highest BCUT2D eigenvalue weighted by Gasteiger charge is 2.35. The van der Waals surface area contributed by atoms with E-state index in [2.05, 4.69) is 33.0 Å². The van der Waals surface area contributed by atoms with Gasteiger partial charge in [-0.1, -0.05) is 34.1 Å². The molecule has 1 saturated heterocycles. The second-order valence-electron chi connectivity index (χ2n) is 5.78. The first-order chi connectivity index (χ1) is 6.93. The van der Waals surface area contributed by atoms with Crippen LogP contribution in [0, 0.1) is 10.8 Å². The minimum absolute atomic E-state index is 0.231. The molecule has 1 rings (SSSR count). The topological polar surface area (TPSA) is 29.1 Å². The van der Waals surface area contributed by atoms with E-state index >= 15 is 0 Å². The highest BCUT2D eigenvalue weighted by atomic mass is 16.1. The van der Waals surface area contributed by atoms with Crippen LogP contribution < -0.4 is 5.32 Å². The fourth-order valence-corrected chi connectivity index (χ4v) is 2.55. The zero-order valence-corrected chi connectivity index (χ0v) is 10.7. The maximum Gasteiger partial charge on any atom is 0.220 e. The van der Waals surface area contributed by atoms with Crippen LogP contribution in [0.15, 0.2) is 0 Å². The maximum absolute atomic E-state index is 11.5. The Morgan fingerprint density at radius 2 is 1.80 bits per heavy atom. The summed E-state index contributed by atoms with van der Waals surface area (Å²) in [6.07, 6.45) is 5.28. The summed E-state index contributed by atoms with van der Waals surface area (Å²) in [4.78, 5) is 11.5. The third-order valence-corrected chi connectivity index (χ3v) is 4.23. The molecule has 1 N–H and O–H groups in total. The first-order valence-corrected chi connectivity index (χ1v) is 6.20. The van der Waals surface area contributed by atoms with Crippen molar-refractivity contribution in [2.24, 2.45) is 10.8 Å². The van der Waals surface area contributed by atoms with Gasteiger partial charge in [0.25, 0.3) is 0 Å². The molecule has 1 fully saturated rings. The number of carbonyl (C=O) groups is 1. The summed E-state index contributed by atoms with van der Waals surface area (Å²) in [7, 11) is 0. The molecule has 0 aromatic rings. The summed E-state index contributed by atoms with van der Waals surface area (Å²) in [5.74, 6) is 0.231. The molecule has 0 bridgehead atoms. The van der Waals surface area contributed by atoms with Gasteiger partial charge in [0, 0.05) is 13.0 Å². The van der Waals surface area contributed by atoms with E-state index in [1.165, 1.54) is 12.8 Å². The normalized spacial score (nSPS) is 38.0. The van der Waals surface area contributed by atoms with Crippen LogP contribution in [-0.4, -0.2) is 12.5 Å². The Balaban J connectivity index is 2.80. The quantitative estimate of drug-likeness (QED) is 0.747. The Labute approximate surface area is 93.8 Å². The van der Waals surface area contributed by atoms with Crippen molar-refractivity contribution < 1.29 is 4.79 Å². The standard InChI is InChI=1S/C13H25NO/c1-5-12(3)8-7-11(15)14-10-13(4,6-2)9-12/h5-10H2,1-4H3,(H,14,15). The van der Waals surface area contributed by atoms with Crippen molar-refractivity contribution in [1.29, 1.82) is 0 Å². The van der Waals surface area contributed by atoms with Gasteiger partial charge in [0.05, 0.1) is 0 Å². The van der Waals surface area contributed by atoms with E-state index in [1.807, 2.05) is 0 Å². The Morgan fingerprint density at radius 3 is 2.33 bits per heavy atom. The molecule has 0 aromatic carbocycles. The van der Waals surface area contributed by atoms with Gasteiger partial charge in [-0.05, 0) is 30.1 Å². The Morgan fingerprint density at radius 1 is 1.20 bits per heavy atom. The van der Waals surface area contributed by atoms with Crippen molar-refractivity contribution in [2.75, 3.05) is 6.54 Å². The van der Waals surface area contributed by atoms with Crippen LogP contribution >= 0.6 is 0 Å². The van der Waals surface area contributed by atoms with Crippen molar-refractivity contribution >= 4 is 5.91 Å². The highest BCUT2D eigenvalue weighted by molar-refractivity contribution is 5.76. The molecule has 0 saturated carbocycles. The molecular formula is C13H25NO. The molecule has 88 valence electrons. The van der Waals surface area contributed by atoms with Crippen molar-refractivity contribution in [3.63, 3.8) is 0 Å². The van der Waals surface area contributed by atoms with Gasteiger partial charge in [0.1, 0.15) is 0 Å². The average Bonchev–Trinajstić information content (AvgIpc) is 2.22. The van der Waals surface area contributed by atoms with E-state index in [9.17, 15) is 4.79 Å². The molecule has 2 heteroatoms. The average molecular weight is 211 g/mol. The fraction of sp³-hybridized carbons (Fsp3) is 0.923. The molecule has 1 amide bonds. The molecule has 2 atom stereocenters. The molecule has 15 heavy (non-hydrogen) atoms. The Bertz CT molecular complexity index is 217. The Kier molecular flexibility index (Phi) is 3.80. The van der Waals surface area contributed by atoms with Gasteiger partial charge in [0.15, 0.2) is 0 Å². The monoisotopic (exact) mass is 211 g/mol. The lowest BCUT2D eigenvalue weighted by Gasteiger charge is -2.41. The van der Waals surface area contributed by atoms with E-state index in [0.717, 1.165) is 19.4 Å². The summed E-state index contributed by atoms with van der Waals surface area (Å²) < 4.78 is 0. The molecule has 2 unspecified atom stereocenters. The Hall–Kier alpha value is -0.530. The van der Waals surface area contributed by atoms with Gasteiger partial charge in [-0.25, -0.2) is 0 Å². The molecular weight excluding hydrogens is 186 g/mol. The second-order valence-corrected chi connectivity index (χ2v) is 5.78. The van der Waals surface area contributed by atoms with Crippen LogP contribution in [0.2, 0.25) is 0 Å². The van der Waals surface area contributed by atoms with Crippen molar-refractivity contribution in [2.45, 2.75) is 59.8 Å². The van der Waals surface area contributed by atoms with Crippen LogP contribution in [0.25, 0.3) is 0 Å². The molecule has 2 nitrogen and oxygen atoms in total. The van der Waals surface area contributed by atoms with Gasteiger partial charge in [0.2, 0.25) is 5.91 Å². The molecule has 0 aliphatic carbocycles. The smallest absolute Gasteiger partial charge is 0.220 e. The molecule has 0 radical (unpaired) electrons. The first-order valence-electron chi connectivity index (χ1n) is 6.20. The number of nitrogens with one attached hydrogen (secondary N) is 1. The summed E-state index contributed by atoms with van der Waals surface area (Å²) in [5, 5.41) is 3.05. The lowest BCUT2D eigenvalue weighted by Crippen LogP contribution is -2.41. The van der Waals surface area contributed by atoms with Gasteiger partial charge < -0.3 is 5.32 Å². The first kappa shape index (κ1) is 12.5. The van der Waals surface area contributed by atoms with Crippen LogP contribution in [0.1, 0.15) is 59.8 Å². The van der Waals surface area contributed by atoms with Gasteiger partial charge >= 0.3 is 0 Å². The highest BCUT2D eigenvalue weighted by Crippen LogP contribution is 2.42. The van der Waals surface area contributed by atoms with Crippen LogP contribution in [0.3, 0.4) is 0 Å². The second kappa shape index (κ2) is 4.54. The van der Waals surface area contributed by atoms with Gasteiger partial charge in [-0.3, -0.25) is 4.79 Å². The van der Waals surface area contributed by atoms with Crippen LogP contribution in [-0.2, 0) is 4.79 Å². The zero-order valence-electron chi connectivity index (χ0n) is 10.7. The summed E-state index contributed by atoms with van der Waals surface area (Å²) in [6, 6.07) is 0. The van der Waals surface area contributed by atoms with E-state index in [1.54, 1.807) is 0 Å². The van der Waals surface area contributed by atoms with Crippen molar-refractivity contribution in [1.82, 2.24) is 5.32 Å². The summed E-state index contributed by atoms with van der Waals surface area (Å²) in [6.45, 7) is 9.95. The van der Waals surface area contributed by atoms with Crippen LogP contribution in [0.5, 0.6) is 0 Å². The van der Waals surface area contributed by atoms with Gasteiger partial charge in [-0.2, -0.15) is 0 Å². The number of rotatable bonds is 2. The number of hydrogen-bond acceptors (Lipinski definition) is 1. The third kappa shape index (κ3) is 3.22. The zero-order chi connectivity index (χ0) is 11.5. The van der Waals surface area contributed by atoms with Crippen molar-refractivity contribution in [3.8, 4) is 0 Å². The van der Waals surface area contributed by atoms with Gasteiger partial charge in [-0.15, -0.1) is 0 Å². The van der Waals surface area contributed by atoms with Crippen LogP contribution in [0.4, 0.5) is 0 Å². The minimum Gasteiger partial charge on any atom is -0.356 e. The minimum atomic E-state index is 0.231. The summed E-state index contributed by atoms with van der Waals surface area (Å²) in [5.41, 5.74) is 0.628. The largest absolute Gasteiger partial charge is 0.356 e. The third-order valence-electron chi connectivity index (χ3n) is 4.23. The van der Waals surface area contributed by atoms with E-state index in [0.29, 0.717) is 11.8 Å². The SMILES string of the molecule is CCC1(C)CCC(=O)NCC(C)(CC)C1. The van der Waals surface area contributed by atoms with E-state index in [-0.39, 0.29) is 11.3 Å². The predicted molar refractivity (Wildman–Crippen MR) is 63.7 cm³/mol. The lowest BCUT2D eigenvalue weighted by molar-refractivity contribution is -0.123. The lowest BCUT2D eigenvalue weighted by atomic mass is 9.67. The molecule has 0 aromatic heterocycles. The number of hydrogen-bond donors (Lipinski definition) is 1. The number of carbonyl (C=O) groups excluding carboxylic acids is 1. The maximum atomic E-state index is 11.5. The predicted octanol–water partition coefficient (Wildman–Crippen LogP) is 3.12. The summed E-state index contributed by atoms with van der Waals surface area (Å²) >= 11 is 0. The van der Waals surface area contributed by atoms with E-state index < -0.39 is 0 Å².